The Morgan fingerprint density at radius 1 is 1.53 bits per heavy atom. The van der Waals surface area contributed by atoms with Crippen LogP contribution in [0.4, 0.5) is 0 Å². The lowest BCUT2D eigenvalue weighted by molar-refractivity contribution is -0.0588. The predicted molar refractivity (Wildman–Crippen MR) is 51.5 cm³/mol. The van der Waals surface area contributed by atoms with Gasteiger partial charge >= 0.3 is 0 Å². The van der Waals surface area contributed by atoms with Gasteiger partial charge in [-0.2, -0.15) is 0 Å². The van der Waals surface area contributed by atoms with Crippen molar-refractivity contribution in [3.05, 3.63) is 12.2 Å². The molecule has 0 radical (unpaired) electrons. The Hall–Kier alpha value is -1.55. The van der Waals surface area contributed by atoms with Crippen LogP contribution < -0.4 is 5.73 Å². The van der Waals surface area contributed by atoms with Crippen LogP contribution in [0, 0.1) is 0 Å². The Morgan fingerprint density at radius 3 is 2.71 bits per heavy atom. The molecular weight excluding hydrogens is 232 g/mol. The van der Waals surface area contributed by atoms with Gasteiger partial charge in [-0.3, -0.25) is 4.79 Å². The Bertz CT molecular complexity index is 422. The zero-order valence-electron chi connectivity index (χ0n) is 8.67. The molecule has 2 heterocycles. The van der Waals surface area contributed by atoms with E-state index in [0.717, 1.165) is 11.0 Å². The van der Waals surface area contributed by atoms with Crippen LogP contribution in [0.1, 0.15) is 16.8 Å². The molecule has 1 amide bonds. The van der Waals surface area contributed by atoms with Crippen molar-refractivity contribution < 1.29 is 24.9 Å². The second kappa shape index (κ2) is 4.37. The SMILES string of the molecule is NC(=O)c1ncn([C@@H]2OC(CO)C(O)[C@H]2O)n1. The number of carbonyl (C=O) groups excluding carboxylic acids is 1. The zero-order valence-corrected chi connectivity index (χ0v) is 8.67. The average Bonchev–Trinajstić information content (AvgIpc) is 2.87. The van der Waals surface area contributed by atoms with Gasteiger partial charge < -0.3 is 25.8 Å². The Balaban J connectivity index is 2.19. The van der Waals surface area contributed by atoms with Gasteiger partial charge in [-0.1, -0.05) is 0 Å². The van der Waals surface area contributed by atoms with Gasteiger partial charge in [0, 0.05) is 0 Å². The first-order valence-corrected chi connectivity index (χ1v) is 4.88. The van der Waals surface area contributed by atoms with E-state index in [2.05, 4.69) is 10.1 Å². The first-order valence-electron chi connectivity index (χ1n) is 4.88. The molecule has 0 spiro atoms. The van der Waals surface area contributed by atoms with Crippen LogP contribution in [-0.2, 0) is 4.74 Å². The van der Waals surface area contributed by atoms with E-state index in [4.69, 9.17) is 15.6 Å². The highest BCUT2D eigenvalue weighted by atomic mass is 16.6. The lowest BCUT2D eigenvalue weighted by atomic mass is 10.1. The van der Waals surface area contributed by atoms with E-state index < -0.39 is 37.1 Å². The summed E-state index contributed by atoms with van der Waals surface area (Å²) in [6, 6.07) is 0. The molecule has 1 aromatic heterocycles. The minimum atomic E-state index is -1.27. The minimum absolute atomic E-state index is 0.220. The van der Waals surface area contributed by atoms with Crippen molar-refractivity contribution in [2.24, 2.45) is 5.73 Å². The molecule has 9 nitrogen and oxygen atoms in total. The lowest BCUT2D eigenvalue weighted by Crippen LogP contribution is -2.33. The summed E-state index contributed by atoms with van der Waals surface area (Å²) in [4.78, 5) is 14.4. The minimum Gasteiger partial charge on any atom is -0.394 e. The predicted octanol–water partition coefficient (Wildman–Crippen LogP) is -3.01. The van der Waals surface area contributed by atoms with Gasteiger partial charge in [-0.05, 0) is 0 Å². The molecule has 1 aliphatic heterocycles. The fraction of sp³-hybridized carbons (Fsp3) is 0.625. The van der Waals surface area contributed by atoms with E-state index in [1.54, 1.807) is 0 Å². The molecule has 9 heteroatoms. The second-order valence-corrected chi connectivity index (χ2v) is 3.64. The summed E-state index contributed by atoms with van der Waals surface area (Å²) in [5.74, 6) is -1.03. The smallest absolute Gasteiger partial charge is 0.288 e. The van der Waals surface area contributed by atoms with E-state index in [1.807, 2.05) is 0 Å². The van der Waals surface area contributed by atoms with Crippen molar-refractivity contribution in [1.29, 1.82) is 0 Å². The van der Waals surface area contributed by atoms with Crippen LogP contribution >= 0.6 is 0 Å². The van der Waals surface area contributed by atoms with E-state index >= 15 is 0 Å². The number of hydrogen-bond donors (Lipinski definition) is 4. The summed E-state index contributed by atoms with van der Waals surface area (Å²) >= 11 is 0. The highest BCUT2D eigenvalue weighted by molar-refractivity contribution is 5.88. The Kier molecular flexibility index (Phi) is 3.07. The third-order valence-electron chi connectivity index (χ3n) is 2.51. The highest BCUT2D eigenvalue weighted by Crippen LogP contribution is 2.28. The molecule has 0 saturated carbocycles. The van der Waals surface area contributed by atoms with Gasteiger partial charge in [0.05, 0.1) is 6.61 Å². The van der Waals surface area contributed by atoms with Crippen LogP contribution in [0.5, 0.6) is 0 Å². The molecule has 1 fully saturated rings. The number of aliphatic hydroxyl groups excluding tert-OH is 3. The molecule has 2 rings (SSSR count). The van der Waals surface area contributed by atoms with Crippen LogP contribution in [0.25, 0.3) is 0 Å². The fourth-order valence-electron chi connectivity index (χ4n) is 1.61. The van der Waals surface area contributed by atoms with Gasteiger partial charge in [0.25, 0.3) is 5.91 Å². The molecule has 1 aromatic rings. The van der Waals surface area contributed by atoms with Crippen LogP contribution in [0.15, 0.2) is 6.33 Å². The van der Waals surface area contributed by atoms with Gasteiger partial charge in [-0.25, -0.2) is 9.67 Å². The van der Waals surface area contributed by atoms with E-state index in [1.165, 1.54) is 0 Å². The molecule has 17 heavy (non-hydrogen) atoms. The van der Waals surface area contributed by atoms with Crippen molar-refractivity contribution in [2.45, 2.75) is 24.5 Å². The molecule has 5 N–H and O–H groups in total. The van der Waals surface area contributed by atoms with Gasteiger partial charge in [0.15, 0.2) is 6.23 Å². The maximum atomic E-state index is 10.8. The molecule has 0 aliphatic carbocycles. The van der Waals surface area contributed by atoms with Crippen LogP contribution in [0.3, 0.4) is 0 Å². The molecule has 2 unspecified atom stereocenters. The van der Waals surface area contributed by atoms with Gasteiger partial charge in [0.1, 0.15) is 24.6 Å². The van der Waals surface area contributed by atoms with Crippen molar-refractivity contribution >= 4 is 5.91 Å². The summed E-state index contributed by atoms with van der Waals surface area (Å²) < 4.78 is 6.25. The third kappa shape index (κ3) is 2.00. The van der Waals surface area contributed by atoms with E-state index in [9.17, 15) is 15.0 Å². The number of rotatable bonds is 3. The Morgan fingerprint density at radius 2 is 2.24 bits per heavy atom. The second-order valence-electron chi connectivity index (χ2n) is 3.64. The number of carbonyl (C=O) groups is 1. The van der Waals surface area contributed by atoms with Crippen LogP contribution in [0.2, 0.25) is 0 Å². The summed E-state index contributed by atoms with van der Waals surface area (Å²) in [7, 11) is 0. The largest absolute Gasteiger partial charge is 0.394 e. The number of hydrogen-bond acceptors (Lipinski definition) is 7. The van der Waals surface area contributed by atoms with Crippen molar-refractivity contribution in [3.8, 4) is 0 Å². The monoisotopic (exact) mass is 244 g/mol. The van der Waals surface area contributed by atoms with Crippen molar-refractivity contribution in [1.82, 2.24) is 14.8 Å². The number of aromatic nitrogens is 3. The molecule has 1 saturated heterocycles. The first-order chi connectivity index (χ1) is 8.04. The first kappa shape index (κ1) is 11.9. The summed E-state index contributed by atoms with van der Waals surface area (Å²) in [6.45, 7) is -0.438. The normalized spacial score (nSPS) is 32.9. The summed E-state index contributed by atoms with van der Waals surface area (Å²) in [6.07, 6.45) is -3.26. The number of ether oxygens (including phenoxy) is 1. The molecule has 0 bridgehead atoms. The van der Waals surface area contributed by atoms with Crippen molar-refractivity contribution in [2.75, 3.05) is 6.61 Å². The quantitative estimate of drug-likeness (QED) is 0.443. The fourth-order valence-corrected chi connectivity index (χ4v) is 1.61. The van der Waals surface area contributed by atoms with Crippen LogP contribution in [-0.4, -0.2) is 60.9 Å². The molecular formula is C8H12N4O5. The van der Waals surface area contributed by atoms with Crippen molar-refractivity contribution in [3.63, 3.8) is 0 Å². The maximum Gasteiger partial charge on any atom is 0.288 e. The third-order valence-corrected chi connectivity index (χ3v) is 2.51. The zero-order chi connectivity index (χ0) is 12.6. The standard InChI is InChI=1S/C8H12N4O5/c9-6(16)7-10-2-12(11-7)8-5(15)4(14)3(1-13)17-8/h2-5,8,13-15H,1H2,(H2,9,16)/t3?,4?,5-,8-/m1/s1. The molecule has 94 valence electrons. The number of nitrogens with two attached hydrogens (primary N) is 1. The number of amides is 1. The molecule has 1 aliphatic rings. The van der Waals surface area contributed by atoms with Gasteiger partial charge in [-0.15, -0.1) is 5.10 Å². The Labute approximate surface area is 95.4 Å². The highest BCUT2D eigenvalue weighted by Gasteiger charge is 2.43. The summed E-state index contributed by atoms with van der Waals surface area (Å²) in [5, 5.41) is 31.8. The topological polar surface area (TPSA) is 144 Å². The van der Waals surface area contributed by atoms with E-state index in [0.29, 0.717) is 0 Å². The summed E-state index contributed by atoms with van der Waals surface area (Å²) in [5.41, 5.74) is 4.97. The lowest BCUT2D eigenvalue weighted by Gasteiger charge is -2.13. The number of nitrogens with zero attached hydrogens (tertiary/aromatic N) is 3. The average molecular weight is 244 g/mol. The van der Waals surface area contributed by atoms with E-state index in [-0.39, 0.29) is 5.82 Å². The maximum absolute atomic E-state index is 10.8. The van der Waals surface area contributed by atoms with Gasteiger partial charge in [0.2, 0.25) is 5.82 Å². The number of aliphatic hydroxyl groups is 3. The molecule has 4 atom stereocenters. The number of primary amides is 1. The molecule has 0 aromatic carbocycles.